The fourth-order valence-corrected chi connectivity index (χ4v) is 2.38. The standard InChI is InChI=1S/C19H24N2O3/c1-13-12-16(24-18-8-5-15(20)11-14(18)2)6-7-17(13)19(22)21-9-4-10-23-3/h5-8,11-12H,4,9-10,20H2,1-3H3,(H,21,22). The highest BCUT2D eigenvalue weighted by Crippen LogP contribution is 2.27. The Hall–Kier alpha value is -2.53. The minimum Gasteiger partial charge on any atom is -0.457 e. The van der Waals surface area contributed by atoms with Crippen LogP contribution in [0.15, 0.2) is 36.4 Å². The van der Waals surface area contributed by atoms with Crippen LogP contribution < -0.4 is 15.8 Å². The van der Waals surface area contributed by atoms with Gasteiger partial charge in [0.1, 0.15) is 11.5 Å². The molecule has 0 bridgehead atoms. The number of nitrogens with one attached hydrogen (secondary N) is 1. The first-order chi connectivity index (χ1) is 11.5. The van der Waals surface area contributed by atoms with Crippen LogP contribution in [0.3, 0.4) is 0 Å². The first-order valence-corrected chi connectivity index (χ1v) is 7.93. The van der Waals surface area contributed by atoms with Crippen molar-refractivity contribution < 1.29 is 14.3 Å². The predicted octanol–water partition coefficient (Wildman–Crippen LogP) is 3.44. The number of benzene rings is 2. The average molecular weight is 328 g/mol. The van der Waals surface area contributed by atoms with Crippen molar-refractivity contribution in [3.63, 3.8) is 0 Å². The van der Waals surface area contributed by atoms with Crippen molar-refractivity contribution in [1.82, 2.24) is 5.32 Å². The molecule has 5 nitrogen and oxygen atoms in total. The van der Waals surface area contributed by atoms with E-state index in [0.29, 0.717) is 30.2 Å². The highest BCUT2D eigenvalue weighted by atomic mass is 16.5. The van der Waals surface area contributed by atoms with Crippen LogP contribution in [0, 0.1) is 13.8 Å². The molecule has 0 aliphatic carbocycles. The van der Waals surface area contributed by atoms with Gasteiger partial charge in [-0.3, -0.25) is 4.79 Å². The molecule has 0 aliphatic rings. The maximum Gasteiger partial charge on any atom is 0.251 e. The lowest BCUT2D eigenvalue weighted by Gasteiger charge is -2.12. The van der Waals surface area contributed by atoms with Gasteiger partial charge in [-0.15, -0.1) is 0 Å². The third-order valence-corrected chi connectivity index (χ3v) is 3.68. The largest absolute Gasteiger partial charge is 0.457 e. The minimum absolute atomic E-state index is 0.0844. The number of hydrogen-bond acceptors (Lipinski definition) is 4. The molecule has 2 aromatic carbocycles. The molecule has 2 rings (SSSR count). The van der Waals surface area contributed by atoms with Crippen LogP contribution in [-0.4, -0.2) is 26.2 Å². The second-order valence-corrected chi connectivity index (χ2v) is 5.71. The molecule has 0 radical (unpaired) electrons. The monoisotopic (exact) mass is 328 g/mol. The van der Waals surface area contributed by atoms with Gasteiger partial charge in [-0.25, -0.2) is 0 Å². The van der Waals surface area contributed by atoms with E-state index in [0.717, 1.165) is 23.3 Å². The van der Waals surface area contributed by atoms with Crippen molar-refractivity contribution >= 4 is 11.6 Å². The molecule has 0 heterocycles. The van der Waals surface area contributed by atoms with Gasteiger partial charge in [0.05, 0.1) is 0 Å². The van der Waals surface area contributed by atoms with Crippen LogP contribution in [0.5, 0.6) is 11.5 Å². The van der Waals surface area contributed by atoms with Crippen LogP contribution in [0.1, 0.15) is 27.9 Å². The maximum atomic E-state index is 12.2. The Bertz CT molecular complexity index is 714. The molecule has 2 aromatic rings. The summed E-state index contributed by atoms with van der Waals surface area (Å²) < 4.78 is 10.9. The zero-order chi connectivity index (χ0) is 17.5. The van der Waals surface area contributed by atoms with Gasteiger partial charge in [0.15, 0.2) is 0 Å². The van der Waals surface area contributed by atoms with E-state index in [1.165, 1.54) is 0 Å². The summed E-state index contributed by atoms with van der Waals surface area (Å²) in [4.78, 5) is 12.2. The van der Waals surface area contributed by atoms with Gasteiger partial charge < -0.3 is 20.5 Å². The number of anilines is 1. The van der Waals surface area contributed by atoms with E-state index in [1.54, 1.807) is 25.3 Å². The molecule has 0 saturated heterocycles. The summed E-state index contributed by atoms with van der Waals surface area (Å²) in [7, 11) is 1.65. The van der Waals surface area contributed by atoms with Crippen LogP contribution in [0.25, 0.3) is 0 Å². The van der Waals surface area contributed by atoms with E-state index in [9.17, 15) is 4.79 Å². The lowest BCUT2D eigenvalue weighted by atomic mass is 10.1. The Morgan fingerprint density at radius 1 is 1.12 bits per heavy atom. The Balaban J connectivity index is 2.05. The number of aryl methyl sites for hydroxylation is 2. The second-order valence-electron chi connectivity index (χ2n) is 5.71. The molecule has 5 heteroatoms. The van der Waals surface area contributed by atoms with Crippen LogP contribution in [0.2, 0.25) is 0 Å². The van der Waals surface area contributed by atoms with E-state index >= 15 is 0 Å². The van der Waals surface area contributed by atoms with Crippen molar-refractivity contribution in [2.45, 2.75) is 20.3 Å². The van der Waals surface area contributed by atoms with Gasteiger partial charge in [-0.2, -0.15) is 0 Å². The van der Waals surface area contributed by atoms with Crippen LogP contribution >= 0.6 is 0 Å². The number of nitrogens with two attached hydrogens (primary N) is 1. The molecule has 0 unspecified atom stereocenters. The van der Waals surface area contributed by atoms with Crippen LogP contribution in [-0.2, 0) is 4.74 Å². The van der Waals surface area contributed by atoms with Crippen molar-refractivity contribution in [2.75, 3.05) is 26.0 Å². The zero-order valence-corrected chi connectivity index (χ0v) is 14.4. The lowest BCUT2D eigenvalue weighted by molar-refractivity contribution is 0.0948. The molecule has 0 spiro atoms. The highest BCUT2D eigenvalue weighted by molar-refractivity contribution is 5.95. The van der Waals surface area contributed by atoms with E-state index in [2.05, 4.69) is 5.32 Å². The first-order valence-electron chi connectivity index (χ1n) is 7.93. The quantitative estimate of drug-likeness (QED) is 0.603. The normalized spacial score (nSPS) is 10.5. The predicted molar refractivity (Wildman–Crippen MR) is 95.7 cm³/mol. The molecular formula is C19H24N2O3. The van der Waals surface area contributed by atoms with E-state index in [1.807, 2.05) is 32.0 Å². The van der Waals surface area contributed by atoms with Gasteiger partial charge >= 0.3 is 0 Å². The average Bonchev–Trinajstić information content (AvgIpc) is 2.54. The molecule has 128 valence electrons. The summed E-state index contributed by atoms with van der Waals surface area (Å²) in [6.45, 7) is 5.06. The van der Waals surface area contributed by atoms with Crippen molar-refractivity contribution in [3.8, 4) is 11.5 Å². The third-order valence-electron chi connectivity index (χ3n) is 3.68. The fourth-order valence-electron chi connectivity index (χ4n) is 2.38. The fraction of sp³-hybridized carbons (Fsp3) is 0.316. The van der Waals surface area contributed by atoms with Gasteiger partial charge in [-0.1, -0.05) is 0 Å². The Morgan fingerprint density at radius 2 is 1.92 bits per heavy atom. The SMILES string of the molecule is COCCCNC(=O)c1ccc(Oc2ccc(N)cc2C)cc1C. The summed E-state index contributed by atoms with van der Waals surface area (Å²) in [5.41, 5.74) is 8.93. The van der Waals surface area contributed by atoms with Gasteiger partial charge in [0.2, 0.25) is 0 Å². The first kappa shape index (κ1) is 17.8. The summed E-state index contributed by atoms with van der Waals surface area (Å²) in [6.07, 6.45) is 0.791. The molecule has 0 atom stereocenters. The maximum absolute atomic E-state index is 12.2. The van der Waals surface area contributed by atoms with E-state index in [4.69, 9.17) is 15.2 Å². The number of nitrogen functional groups attached to an aromatic ring is 1. The van der Waals surface area contributed by atoms with Crippen molar-refractivity contribution in [2.24, 2.45) is 0 Å². The molecule has 3 N–H and O–H groups in total. The molecule has 0 saturated carbocycles. The lowest BCUT2D eigenvalue weighted by Crippen LogP contribution is -2.25. The number of amides is 1. The van der Waals surface area contributed by atoms with E-state index in [-0.39, 0.29) is 5.91 Å². The molecule has 0 fully saturated rings. The smallest absolute Gasteiger partial charge is 0.251 e. The minimum atomic E-state index is -0.0844. The zero-order valence-electron chi connectivity index (χ0n) is 14.4. The molecule has 24 heavy (non-hydrogen) atoms. The molecule has 1 amide bonds. The Morgan fingerprint density at radius 3 is 2.58 bits per heavy atom. The van der Waals surface area contributed by atoms with Gasteiger partial charge in [0, 0.05) is 31.5 Å². The summed E-state index contributed by atoms with van der Waals surface area (Å²) in [5.74, 6) is 1.36. The second kappa shape index (κ2) is 8.36. The highest BCUT2D eigenvalue weighted by Gasteiger charge is 2.10. The van der Waals surface area contributed by atoms with Gasteiger partial charge in [0.25, 0.3) is 5.91 Å². The molecular weight excluding hydrogens is 304 g/mol. The molecule has 0 aromatic heterocycles. The number of rotatable bonds is 7. The third kappa shape index (κ3) is 4.73. The van der Waals surface area contributed by atoms with Crippen molar-refractivity contribution in [3.05, 3.63) is 53.1 Å². The number of carbonyl (C=O) groups excluding carboxylic acids is 1. The number of carbonyl (C=O) groups is 1. The summed E-state index contributed by atoms with van der Waals surface area (Å²) in [5, 5.41) is 2.89. The Labute approximate surface area is 142 Å². The molecule has 0 aliphatic heterocycles. The number of ether oxygens (including phenoxy) is 2. The van der Waals surface area contributed by atoms with Crippen molar-refractivity contribution in [1.29, 1.82) is 0 Å². The number of methoxy groups -OCH3 is 1. The summed E-state index contributed by atoms with van der Waals surface area (Å²) >= 11 is 0. The Kier molecular flexibility index (Phi) is 6.21. The number of hydrogen-bond donors (Lipinski definition) is 2. The summed E-state index contributed by atoms with van der Waals surface area (Å²) in [6, 6.07) is 11.0. The van der Waals surface area contributed by atoms with Gasteiger partial charge in [-0.05, 0) is 67.8 Å². The van der Waals surface area contributed by atoms with E-state index < -0.39 is 0 Å². The van der Waals surface area contributed by atoms with Crippen LogP contribution in [0.4, 0.5) is 5.69 Å². The topological polar surface area (TPSA) is 73.6 Å².